The maximum absolute atomic E-state index is 11.7. The molecular weight excluding hydrogens is 302 g/mol. The van der Waals surface area contributed by atoms with Gasteiger partial charge in [0.15, 0.2) is 11.4 Å². The summed E-state index contributed by atoms with van der Waals surface area (Å²) >= 11 is 0. The van der Waals surface area contributed by atoms with Crippen molar-refractivity contribution in [1.29, 1.82) is 15.8 Å². The van der Waals surface area contributed by atoms with Crippen molar-refractivity contribution in [2.24, 2.45) is 0 Å². The first-order valence-electron chi connectivity index (χ1n) is 7.72. The van der Waals surface area contributed by atoms with Crippen LogP contribution in [0.4, 0.5) is 11.4 Å². The Labute approximate surface area is 141 Å². The second-order valence-corrected chi connectivity index (χ2v) is 5.55. The number of hydrogen-bond donors (Lipinski definition) is 1. The number of ketones is 1. The summed E-state index contributed by atoms with van der Waals surface area (Å²) in [6, 6.07) is 10.5. The van der Waals surface area contributed by atoms with Crippen LogP contribution in [-0.2, 0) is 0 Å². The summed E-state index contributed by atoms with van der Waals surface area (Å²) in [6.45, 7) is 3.25. The Morgan fingerprint density at radius 2 is 1.75 bits per heavy atom. The molecule has 1 aliphatic heterocycles. The minimum atomic E-state index is -0.282. The number of benzene rings is 1. The lowest BCUT2D eigenvalue weighted by molar-refractivity contribution is 0.101. The second kappa shape index (κ2) is 7.81. The molecular formula is C18H17N5O. The number of carbonyl (C=O) groups excluding carboxylic acids is 1. The zero-order valence-corrected chi connectivity index (χ0v) is 13.5. The van der Waals surface area contributed by atoms with Crippen LogP contribution in [0, 0.1) is 34.0 Å². The number of allylic oxidation sites excluding steroid dienone is 2. The molecule has 0 bridgehead atoms. The Hall–Kier alpha value is -3.30. The molecule has 24 heavy (non-hydrogen) atoms. The van der Waals surface area contributed by atoms with Crippen molar-refractivity contribution >= 4 is 17.2 Å². The molecule has 120 valence electrons. The molecule has 0 aromatic heterocycles. The van der Waals surface area contributed by atoms with E-state index >= 15 is 0 Å². The van der Waals surface area contributed by atoms with Gasteiger partial charge in [0, 0.05) is 18.7 Å². The molecule has 6 nitrogen and oxygen atoms in total. The highest BCUT2D eigenvalue weighted by Crippen LogP contribution is 2.31. The molecule has 0 aliphatic carbocycles. The van der Waals surface area contributed by atoms with Gasteiger partial charge < -0.3 is 10.2 Å². The number of anilines is 2. The first-order valence-corrected chi connectivity index (χ1v) is 7.72. The average Bonchev–Trinajstić information content (AvgIpc) is 2.62. The Kier molecular flexibility index (Phi) is 5.55. The SMILES string of the molecule is CC(=O)c1ccc(N2CCCCC2)c(NC(C#N)=C(C#N)C#N)c1. The molecule has 1 fully saturated rings. The van der Waals surface area contributed by atoms with E-state index in [9.17, 15) is 10.1 Å². The lowest BCUT2D eigenvalue weighted by Crippen LogP contribution is -2.30. The van der Waals surface area contributed by atoms with Gasteiger partial charge in [-0.1, -0.05) is 0 Å². The monoisotopic (exact) mass is 319 g/mol. The number of carbonyl (C=O) groups is 1. The standard InChI is InChI=1S/C18H17N5O/c1-13(24)14-5-6-18(23-7-3-2-4-8-23)16(9-14)22-17(12-21)15(10-19)11-20/h5-6,9,22H,2-4,7-8H2,1H3. The fraction of sp³-hybridized carbons (Fsp3) is 0.333. The number of rotatable bonds is 4. The average molecular weight is 319 g/mol. The Morgan fingerprint density at radius 1 is 1.08 bits per heavy atom. The fourth-order valence-electron chi connectivity index (χ4n) is 2.68. The lowest BCUT2D eigenvalue weighted by Gasteiger charge is -2.31. The summed E-state index contributed by atoms with van der Waals surface area (Å²) < 4.78 is 0. The third-order valence-electron chi connectivity index (χ3n) is 3.94. The van der Waals surface area contributed by atoms with Gasteiger partial charge in [0.25, 0.3) is 0 Å². The zero-order valence-electron chi connectivity index (χ0n) is 13.5. The van der Waals surface area contributed by atoms with Gasteiger partial charge in [0.1, 0.15) is 23.9 Å². The van der Waals surface area contributed by atoms with Crippen molar-refractivity contribution in [2.45, 2.75) is 26.2 Å². The largest absolute Gasteiger partial charge is 0.370 e. The van der Waals surface area contributed by atoms with Crippen LogP contribution in [0.3, 0.4) is 0 Å². The molecule has 1 saturated heterocycles. The van der Waals surface area contributed by atoms with Crippen molar-refractivity contribution in [3.05, 3.63) is 35.0 Å². The predicted molar refractivity (Wildman–Crippen MR) is 90.0 cm³/mol. The lowest BCUT2D eigenvalue weighted by atomic mass is 10.1. The highest BCUT2D eigenvalue weighted by molar-refractivity contribution is 5.96. The summed E-state index contributed by atoms with van der Waals surface area (Å²) in [6.07, 6.45) is 3.34. The van der Waals surface area contributed by atoms with E-state index in [-0.39, 0.29) is 17.1 Å². The van der Waals surface area contributed by atoms with Gasteiger partial charge in [-0.2, -0.15) is 15.8 Å². The van der Waals surface area contributed by atoms with Crippen LogP contribution in [0.25, 0.3) is 0 Å². The topological polar surface area (TPSA) is 104 Å². The van der Waals surface area contributed by atoms with Crippen molar-refractivity contribution in [3.63, 3.8) is 0 Å². The zero-order chi connectivity index (χ0) is 17.5. The summed E-state index contributed by atoms with van der Waals surface area (Å²) in [5.74, 6) is -0.0912. The van der Waals surface area contributed by atoms with E-state index < -0.39 is 0 Å². The Morgan fingerprint density at radius 3 is 2.29 bits per heavy atom. The molecule has 1 aromatic rings. The molecule has 1 aromatic carbocycles. The second-order valence-electron chi connectivity index (χ2n) is 5.55. The molecule has 6 heteroatoms. The molecule has 1 N–H and O–H groups in total. The highest BCUT2D eigenvalue weighted by Gasteiger charge is 2.17. The smallest absolute Gasteiger partial charge is 0.163 e. The van der Waals surface area contributed by atoms with E-state index in [0.717, 1.165) is 31.6 Å². The third-order valence-corrected chi connectivity index (χ3v) is 3.94. The van der Waals surface area contributed by atoms with E-state index in [4.69, 9.17) is 10.5 Å². The van der Waals surface area contributed by atoms with Gasteiger partial charge >= 0.3 is 0 Å². The normalized spacial score (nSPS) is 13.2. The minimum Gasteiger partial charge on any atom is -0.370 e. The maximum Gasteiger partial charge on any atom is 0.163 e. The first kappa shape index (κ1) is 17.1. The molecule has 0 amide bonds. The molecule has 0 unspecified atom stereocenters. The quantitative estimate of drug-likeness (QED) is 0.675. The molecule has 0 saturated carbocycles. The molecule has 1 aliphatic rings. The van der Waals surface area contributed by atoms with Crippen molar-refractivity contribution in [2.75, 3.05) is 23.3 Å². The third kappa shape index (κ3) is 3.72. The summed E-state index contributed by atoms with van der Waals surface area (Å²) in [5.41, 5.74) is 1.53. The number of Topliss-reactive ketones (excluding diaryl/α,β-unsaturated/α-hetero) is 1. The van der Waals surface area contributed by atoms with Crippen molar-refractivity contribution in [3.8, 4) is 18.2 Å². The fourth-order valence-corrected chi connectivity index (χ4v) is 2.68. The Bertz CT molecular complexity index is 782. The van der Waals surface area contributed by atoms with E-state index in [2.05, 4.69) is 10.2 Å². The summed E-state index contributed by atoms with van der Waals surface area (Å²) in [7, 11) is 0. The van der Waals surface area contributed by atoms with Crippen LogP contribution < -0.4 is 10.2 Å². The van der Waals surface area contributed by atoms with Crippen LogP contribution in [0.1, 0.15) is 36.5 Å². The number of nitriles is 3. The molecule has 0 atom stereocenters. The number of nitrogens with zero attached hydrogens (tertiary/aromatic N) is 4. The van der Waals surface area contributed by atoms with Crippen LogP contribution in [0.15, 0.2) is 29.5 Å². The van der Waals surface area contributed by atoms with Crippen molar-refractivity contribution in [1.82, 2.24) is 0 Å². The maximum atomic E-state index is 11.7. The first-order chi connectivity index (χ1) is 11.6. The molecule has 1 heterocycles. The number of nitrogens with one attached hydrogen (secondary N) is 1. The number of piperidine rings is 1. The van der Waals surface area contributed by atoms with Gasteiger partial charge in [0.2, 0.25) is 0 Å². The molecule has 0 spiro atoms. The van der Waals surface area contributed by atoms with Gasteiger partial charge in [-0.05, 0) is 44.4 Å². The van der Waals surface area contributed by atoms with Crippen LogP contribution in [-0.4, -0.2) is 18.9 Å². The van der Waals surface area contributed by atoms with Gasteiger partial charge in [-0.3, -0.25) is 4.79 Å². The van der Waals surface area contributed by atoms with Crippen molar-refractivity contribution < 1.29 is 4.79 Å². The minimum absolute atomic E-state index is 0.0912. The summed E-state index contributed by atoms with van der Waals surface area (Å²) in [4.78, 5) is 13.8. The number of hydrogen-bond acceptors (Lipinski definition) is 6. The van der Waals surface area contributed by atoms with E-state index in [1.807, 2.05) is 12.1 Å². The van der Waals surface area contributed by atoms with E-state index in [0.29, 0.717) is 11.3 Å². The van der Waals surface area contributed by atoms with E-state index in [1.54, 1.807) is 24.3 Å². The predicted octanol–water partition coefficient (Wildman–Crippen LogP) is 3.12. The Balaban J connectivity index is 2.49. The summed E-state index contributed by atoms with van der Waals surface area (Å²) in [5, 5.41) is 30.1. The van der Waals surface area contributed by atoms with E-state index in [1.165, 1.54) is 13.3 Å². The van der Waals surface area contributed by atoms with Crippen LogP contribution in [0.5, 0.6) is 0 Å². The van der Waals surface area contributed by atoms with Gasteiger partial charge in [-0.15, -0.1) is 0 Å². The van der Waals surface area contributed by atoms with Gasteiger partial charge in [0.05, 0.1) is 11.4 Å². The van der Waals surface area contributed by atoms with Gasteiger partial charge in [-0.25, -0.2) is 0 Å². The highest BCUT2D eigenvalue weighted by atomic mass is 16.1. The molecule has 2 rings (SSSR count). The van der Waals surface area contributed by atoms with Crippen LogP contribution in [0.2, 0.25) is 0 Å². The van der Waals surface area contributed by atoms with Crippen LogP contribution >= 0.6 is 0 Å². The molecule has 0 radical (unpaired) electrons.